The van der Waals surface area contributed by atoms with Gasteiger partial charge in [-0.05, 0) is 50.6 Å². The first-order valence-electron chi connectivity index (χ1n) is 5.79. The normalized spacial score (nSPS) is 16.9. The number of hydrogen-bond donors (Lipinski definition) is 1. The van der Waals surface area contributed by atoms with E-state index in [0.717, 1.165) is 18.9 Å². The number of pyridine rings is 1. The van der Waals surface area contributed by atoms with Crippen LogP contribution in [0.5, 0.6) is 0 Å². The highest BCUT2D eigenvalue weighted by Gasteiger charge is 2.11. The summed E-state index contributed by atoms with van der Waals surface area (Å²) in [6.07, 6.45) is 4.60. The van der Waals surface area contributed by atoms with Crippen molar-refractivity contribution in [2.45, 2.75) is 26.3 Å². The number of hydrogen-bond acceptors (Lipinski definition) is 3. The molecule has 0 aromatic carbocycles. The van der Waals surface area contributed by atoms with Crippen LogP contribution in [0.4, 0.5) is 5.82 Å². The van der Waals surface area contributed by atoms with Crippen molar-refractivity contribution in [3.05, 3.63) is 23.9 Å². The Bertz CT molecular complexity index is 305. The van der Waals surface area contributed by atoms with Gasteiger partial charge in [0, 0.05) is 19.3 Å². The molecule has 82 valence electrons. The molecule has 1 aliphatic heterocycles. The maximum Gasteiger partial charge on any atom is 0.126 e. The molecule has 0 unspecified atom stereocenters. The van der Waals surface area contributed by atoms with E-state index in [4.69, 9.17) is 0 Å². The van der Waals surface area contributed by atoms with E-state index in [1.807, 2.05) is 6.20 Å². The first kappa shape index (κ1) is 10.4. The van der Waals surface area contributed by atoms with Gasteiger partial charge in [0.05, 0.1) is 0 Å². The fraction of sp³-hybridized carbons (Fsp3) is 0.583. The molecule has 2 heterocycles. The molecule has 1 saturated heterocycles. The number of anilines is 1. The van der Waals surface area contributed by atoms with Gasteiger partial charge in [-0.1, -0.05) is 0 Å². The fourth-order valence-electron chi connectivity index (χ4n) is 2.05. The summed E-state index contributed by atoms with van der Waals surface area (Å²) in [5.41, 5.74) is 1.36. The fourth-order valence-corrected chi connectivity index (χ4v) is 2.05. The SMILES string of the molecule is CCNc1cc(CN2CCCC2)ccn1. The lowest BCUT2D eigenvalue weighted by atomic mass is 10.2. The standard InChI is InChI=1S/C12H19N3/c1-2-13-12-9-11(5-6-14-12)10-15-7-3-4-8-15/h5-6,9H,2-4,7-8,10H2,1H3,(H,13,14). The van der Waals surface area contributed by atoms with Crippen LogP contribution in [0.1, 0.15) is 25.3 Å². The molecule has 1 N–H and O–H groups in total. The second kappa shape index (κ2) is 5.12. The lowest BCUT2D eigenvalue weighted by Crippen LogP contribution is -2.18. The molecule has 1 aromatic heterocycles. The molecule has 0 atom stereocenters. The van der Waals surface area contributed by atoms with E-state index in [1.165, 1.54) is 31.5 Å². The minimum absolute atomic E-state index is 0.931. The summed E-state index contributed by atoms with van der Waals surface area (Å²) < 4.78 is 0. The Hall–Kier alpha value is -1.09. The monoisotopic (exact) mass is 205 g/mol. The molecular weight excluding hydrogens is 186 g/mol. The van der Waals surface area contributed by atoms with Gasteiger partial charge in [0.15, 0.2) is 0 Å². The summed E-state index contributed by atoms with van der Waals surface area (Å²) in [4.78, 5) is 6.78. The van der Waals surface area contributed by atoms with Crippen LogP contribution < -0.4 is 5.32 Å². The van der Waals surface area contributed by atoms with Gasteiger partial charge in [0.25, 0.3) is 0 Å². The average Bonchev–Trinajstić information content (AvgIpc) is 2.71. The van der Waals surface area contributed by atoms with Crippen LogP contribution in [0.15, 0.2) is 18.3 Å². The van der Waals surface area contributed by atoms with Gasteiger partial charge in [0.2, 0.25) is 0 Å². The second-order valence-corrected chi connectivity index (χ2v) is 4.06. The van der Waals surface area contributed by atoms with E-state index in [2.05, 4.69) is 34.3 Å². The zero-order valence-corrected chi connectivity index (χ0v) is 9.37. The van der Waals surface area contributed by atoms with Crippen molar-refractivity contribution in [2.75, 3.05) is 25.0 Å². The third-order valence-electron chi connectivity index (χ3n) is 2.79. The van der Waals surface area contributed by atoms with Crippen LogP contribution in [0.3, 0.4) is 0 Å². The third kappa shape index (κ3) is 2.93. The molecular formula is C12H19N3. The minimum Gasteiger partial charge on any atom is -0.370 e. The van der Waals surface area contributed by atoms with E-state index in [1.54, 1.807) is 0 Å². The Kier molecular flexibility index (Phi) is 3.56. The molecule has 0 spiro atoms. The Morgan fingerprint density at radius 3 is 2.93 bits per heavy atom. The summed E-state index contributed by atoms with van der Waals surface area (Å²) in [5.74, 6) is 0.995. The van der Waals surface area contributed by atoms with Crippen LogP contribution in [-0.4, -0.2) is 29.5 Å². The number of nitrogens with one attached hydrogen (secondary N) is 1. The highest BCUT2D eigenvalue weighted by Crippen LogP contribution is 2.14. The van der Waals surface area contributed by atoms with Gasteiger partial charge in [-0.3, -0.25) is 4.90 Å². The topological polar surface area (TPSA) is 28.2 Å². The predicted octanol–water partition coefficient (Wildman–Crippen LogP) is 2.11. The number of aromatic nitrogens is 1. The molecule has 1 fully saturated rings. The van der Waals surface area contributed by atoms with E-state index in [9.17, 15) is 0 Å². The van der Waals surface area contributed by atoms with E-state index in [-0.39, 0.29) is 0 Å². The van der Waals surface area contributed by atoms with Crippen molar-refractivity contribution in [1.29, 1.82) is 0 Å². The van der Waals surface area contributed by atoms with Gasteiger partial charge < -0.3 is 5.32 Å². The molecule has 15 heavy (non-hydrogen) atoms. The van der Waals surface area contributed by atoms with Gasteiger partial charge in [-0.2, -0.15) is 0 Å². The zero-order valence-electron chi connectivity index (χ0n) is 9.37. The summed E-state index contributed by atoms with van der Waals surface area (Å²) in [6, 6.07) is 4.26. The summed E-state index contributed by atoms with van der Waals surface area (Å²) >= 11 is 0. The van der Waals surface area contributed by atoms with Crippen molar-refractivity contribution in [3.8, 4) is 0 Å². The maximum atomic E-state index is 4.27. The average molecular weight is 205 g/mol. The van der Waals surface area contributed by atoms with Gasteiger partial charge in [-0.15, -0.1) is 0 Å². The maximum absolute atomic E-state index is 4.27. The van der Waals surface area contributed by atoms with Crippen LogP contribution in [0.2, 0.25) is 0 Å². The van der Waals surface area contributed by atoms with Crippen LogP contribution in [-0.2, 0) is 6.54 Å². The summed E-state index contributed by atoms with van der Waals surface area (Å²) in [6.45, 7) is 6.59. The van der Waals surface area contributed by atoms with Gasteiger partial charge >= 0.3 is 0 Å². The largest absolute Gasteiger partial charge is 0.370 e. The third-order valence-corrected chi connectivity index (χ3v) is 2.79. The lowest BCUT2D eigenvalue weighted by Gasteiger charge is -2.14. The van der Waals surface area contributed by atoms with Crippen molar-refractivity contribution in [1.82, 2.24) is 9.88 Å². The quantitative estimate of drug-likeness (QED) is 0.816. The summed E-state index contributed by atoms with van der Waals surface area (Å²) in [7, 11) is 0. The molecule has 2 rings (SSSR count). The highest BCUT2D eigenvalue weighted by atomic mass is 15.1. The van der Waals surface area contributed by atoms with E-state index >= 15 is 0 Å². The molecule has 3 nitrogen and oxygen atoms in total. The van der Waals surface area contributed by atoms with Crippen molar-refractivity contribution >= 4 is 5.82 Å². The lowest BCUT2D eigenvalue weighted by molar-refractivity contribution is 0.331. The van der Waals surface area contributed by atoms with Crippen LogP contribution in [0, 0.1) is 0 Å². The molecule has 1 aliphatic rings. The molecule has 0 radical (unpaired) electrons. The molecule has 1 aromatic rings. The second-order valence-electron chi connectivity index (χ2n) is 4.06. The minimum atomic E-state index is 0.931. The highest BCUT2D eigenvalue weighted by molar-refractivity contribution is 5.37. The van der Waals surface area contributed by atoms with Crippen molar-refractivity contribution < 1.29 is 0 Å². The number of likely N-dealkylation sites (tertiary alicyclic amines) is 1. The Morgan fingerprint density at radius 1 is 1.40 bits per heavy atom. The first-order valence-corrected chi connectivity index (χ1v) is 5.79. The van der Waals surface area contributed by atoms with Gasteiger partial charge in [0.1, 0.15) is 5.82 Å². The first-order chi connectivity index (χ1) is 7.38. The number of rotatable bonds is 4. The van der Waals surface area contributed by atoms with Crippen LogP contribution in [0.25, 0.3) is 0 Å². The van der Waals surface area contributed by atoms with Crippen molar-refractivity contribution in [2.24, 2.45) is 0 Å². The Morgan fingerprint density at radius 2 is 2.20 bits per heavy atom. The molecule has 0 aliphatic carbocycles. The molecule has 0 amide bonds. The zero-order chi connectivity index (χ0) is 10.5. The predicted molar refractivity (Wildman–Crippen MR) is 62.9 cm³/mol. The molecule has 0 saturated carbocycles. The van der Waals surface area contributed by atoms with E-state index < -0.39 is 0 Å². The summed E-state index contributed by atoms with van der Waals surface area (Å²) in [5, 5.41) is 3.24. The molecule has 0 bridgehead atoms. The molecule has 3 heteroatoms. The van der Waals surface area contributed by atoms with Gasteiger partial charge in [-0.25, -0.2) is 4.98 Å². The Balaban J connectivity index is 1.97. The van der Waals surface area contributed by atoms with Crippen LogP contribution >= 0.6 is 0 Å². The number of nitrogens with zero attached hydrogens (tertiary/aromatic N) is 2. The van der Waals surface area contributed by atoms with E-state index in [0.29, 0.717) is 0 Å². The smallest absolute Gasteiger partial charge is 0.126 e. The van der Waals surface area contributed by atoms with Crippen molar-refractivity contribution in [3.63, 3.8) is 0 Å². The Labute approximate surface area is 91.5 Å².